The van der Waals surface area contributed by atoms with E-state index in [1.54, 1.807) is 17.5 Å². The second-order valence-electron chi connectivity index (χ2n) is 4.88. The lowest BCUT2D eigenvalue weighted by molar-refractivity contribution is 0.432. The van der Waals surface area contributed by atoms with Crippen LogP contribution in [-0.2, 0) is 0 Å². The molecule has 0 aliphatic heterocycles. The Labute approximate surface area is 131 Å². The van der Waals surface area contributed by atoms with Gasteiger partial charge in [0.1, 0.15) is 5.01 Å². The monoisotopic (exact) mass is 304 g/mol. The predicted octanol–water partition coefficient (Wildman–Crippen LogP) is 5.13. The summed E-state index contributed by atoms with van der Waals surface area (Å²) in [7, 11) is 0. The van der Waals surface area contributed by atoms with Crippen molar-refractivity contribution in [3.63, 3.8) is 0 Å². The Bertz CT molecular complexity index is 807. The lowest BCUT2D eigenvalue weighted by Crippen LogP contribution is -1.82. The Morgan fingerprint density at radius 3 is 2.18 bits per heavy atom. The van der Waals surface area contributed by atoms with Gasteiger partial charge in [-0.3, -0.25) is 0 Å². The van der Waals surface area contributed by atoms with E-state index in [2.05, 4.69) is 46.5 Å². The van der Waals surface area contributed by atoms with Crippen molar-refractivity contribution in [2.24, 2.45) is 0 Å². The fourth-order valence-electron chi connectivity index (χ4n) is 2.41. The van der Waals surface area contributed by atoms with Crippen LogP contribution in [0, 0.1) is 0 Å². The fourth-order valence-corrected chi connectivity index (χ4v) is 3.05. The minimum Gasteiger partial charge on any atom is -0.356 e. The molecule has 0 spiro atoms. The van der Waals surface area contributed by atoms with Crippen molar-refractivity contribution < 1.29 is 4.52 Å². The first kappa shape index (κ1) is 13.0. The summed E-state index contributed by atoms with van der Waals surface area (Å²) in [4.78, 5) is 4.37. The highest BCUT2D eigenvalue weighted by Gasteiger charge is 2.06. The van der Waals surface area contributed by atoms with Gasteiger partial charge in [-0.15, -0.1) is 11.3 Å². The van der Waals surface area contributed by atoms with Crippen molar-refractivity contribution in [3.8, 4) is 33.0 Å². The number of thiazole rings is 1. The number of aromatic nitrogens is 2. The number of hydrogen-bond donors (Lipinski definition) is 0. The van der Waals surface area contributed by atoms with Gasteiger partial charge in [0.05, 0.1) is 6.20 Å². The Morgan fingerprint density at radius 2 is 1.50 bits per heavy atom. The standard InChI is InChI=1S/C18H12N2OS/c1-3-13(11-15(5-1)17-7-8-20-21-17)14-4-2-6-16(12-14)18-19-9-10-22-18/h1-12H. The molecule has 2 heterocycles. The Morgan fingerprint density at radius 1 is 0.773 bits per heavy atom. The summed E-state index contributed by atoms with van der Waals surface area (Å²) in [6.45, 7) is 0. The molecule has 0 amide bonds. The average molecular weight is 304 g/mol. The van der Waals surface area contributed by atoms with E-state index in [-0.39, 0.29) is 0 Å². The SMILES string of the molecule is c1cc(-c2cccc(-c3nccs3)c2)cc(-c2ccno2)c1. The zero-order chi connectivity index (χ0) is 14.8. The maximum atomic E-state index is 5.23. The number of rotatable bonds is 3. The molecule has 0 radical (unpaired) electrons. The van der Waals surface area contributed by atoms with Crippen molar-refractivity contribution in [3.05, 3.63) is 72.4 Å². The van der Waals surface area contributed by atoms with E-state index in [9.17, 15) is 0 Å². The van der Waals surface area contributed by atoms with Crippen LogP contribution in [0.2, 0.25) is 0 Å². The summed E-state index contributed by atoms with van der Waals surface area (Å²) in [6, 6.07) is 18.6. The minimum atomic E-state index is 0.776. The molecule has 106 valence electrons. The first-order valence-corrected chi connectivity index (χ1v) is 7.79. The summed E-state index contributed by atoms with van der Waals surface area (Å²) < 4.78 is 5.23. The molecule has 4 heteroatoms. The van der Waals surface area contributed by atoms with Crippen molar-refractivity contribution in [1.29, 1.82) is 0 Å². The first-order valence-electron chi connectivity index (χ1n) is 6.91. The number of benzene rings is 2. The second kappa shape index (κ2) is 5.58. The van der Waals surface area contributed by atoms with Crippen LogP contribution in [0.5, 0.6) is 0 Å². The quantitative estimate of drug-likeness (QED) is 0.526. The molecule has 0 saturated heterocycles. The number of nitrogens with zero attached hydrogens (tertiary/aromatic N) is 2. The third-order valence-corrected chi connectivity index (χ3v) is 4.28. The summed E-state index contributed by atoms with van der Waals surface area (Å²) in [6.07, 6.45) is 3.49. The van der Waals surface area contributed by atoms with Crippen LogP contribution < -0.4 is 0 Å². The highest BCUT2D eigenvalue weighted by Crippen LogP contribution is 2.30. The average Bonchev–Trinajstić information content (AvgIpc) is 3.29. The molecule has 3 nitrogen and oxygen atoms in total. The molecule has 0 atom stereocenters. The van der Waals surface area contributed by atoms with Gasteiger partial charge >= 0.3 is 0 Å². The molecule has 2 aromatic heterocycles. The van der Waals surface area contributed by atoms with Crippen molar-refractivity contribution in [2.45, 2.75) is 0 Å². The lowest BCUT2D eigenvalue weighted by atomic mass is 10.0. The molecule has 22 heavy (non-hydrogen) atoms. The molecule has 0 bridgehead atoms. The normalized spacial score (nSPS) is 10.7. The molecule has 0 saturated carbocycles. The summed E-state index contributed by atoms with van der Waals surface area (Å²) in [5, 5.41) is 6.79. The van der Waals surface area contributed by atoms with Gasteiger partial charge in [-0.2, -0.15) is 0 Å². The Balaban J connectivity index is 1.76. The van der Waals surface area contributed by atoms with E-state index in [4.69, 9.17) is 4.52 Å². The van der Waals surface area contributed by atoms with Crippen LogP contribution in [-0.4, -0.2) is 10.1 Å². The van der Waals surface area contributed by atoms with Gasteiger partial charge in [-0.1, -0.05) is 41.6 Å². The molecule has 2 aromatic carbocycles. The van der Waals surface area contributed by atoms with Crippen molar-refractivity contribution in [1.82, 2.24) is 10.1 Å². The van der Waals surface area contributed by atoms with Crippen molar-refractivity contribution in [2.75, 3.05) is 0 Å². The maximum absolute atomic E-state index is 5.23. The predicted molar refractivity (Wildman–Crippen MR) is 88.5 cm³/mol. The van der Waals surface area contributed by atoms with Crippen LogP contribution in [0.25, 0.3) is 33.0 Å². The molecule has 4 aromatic rings. The van der Waals surface area contributed by atoms with E-state index < -0.39 is 0 Å². The van der Waals surface area contributed by atoms with Crippen LogP contribution in [0.15, 0.2) is 76.9 Å². The highest BCUT2D eigenvalue weighted by molar-refractivity contribution is 7.13. The van der Waals surface area contributed by atoms with E-state index in [0.29, 0.717) is 0 Å². The van der Waals surface area contributed by atoms with Crippen LogP contribution in [0.4, 0.5) is 0 Å². The number of hydrogen-bond acceptors (Lipinski definition) is 4. The zero-order valence-electron chi connectivity index (χ0n) is 11.6. The van der Waals surface area contributed by atoms with Gasteiger partial charge in [0.2, 0.25) is 0 Å². The van der Waals surface area contributed by atoms with E-state index in [1.165, 1.54) is 0 Å². The molecule has 0 fully saturated rings. The lowest BCUT2D eigenvalue weighted by Gasteiger charge is -2.05. The maximum Gasteiger partial charge on any atom is 0.166 e. The van der Waals surface area contributed by atoms with E-state index in [1.807, 2.05) is 29.8 Å². The molecule has 0 unspecified atom stereocenters. The molecule has 0 N–H and O–H groups in total. The summed E-state index contributed by atoms with van der Waals surface area (Å²) in [5.74, 6) is 0.776. The minimum absolute atomic E-state index is 0.776. The molecular weight excluding hydrogens is 292 g/mol. The van der Waals surface area contributed by atoms with Crippen LogP contribution >= 0.6 is 11.3 Å². The first-order chi connectivity index (χ1) is 10.9. The topological polar surface area (TPSA) is 38.9 Å². The van der Waals surface area contributed by atoms with Crippen molar-refractivity contribution >= 4 is 11.3 Å². The molecule has 4 rings (SSSR count). The molecule has 0 aliphatic rings. The third kappa shape index (κ3) is 2.44. The van der Waals surface area contributed by atoms with Gasteiger partial charge in [0.15, 0.2) is 5.76 Å². The highest BCUT2D eigenvalue weighted by atomic mass is 32.1. The van der Waals surface area contributed by atoms with Gasteiger partial charge in [-0.05, 0) is 23.3 Å². The summed E-state index contributed by atoms with van der Waals surface area (Å²) in [5.41, 5.74) is 4.47. The smallest absolute Gasteiger partial charge is 0.166 e. The van der Waals surface area contributed by atoms with Crippen LogP contribution in [0.1, 0.15) is 0 Å². The molecule has 0 aliphatic carbocycles. The van der Waals surface area contributed by atoms with E-state index >= 15 is 0 Å². The summed E-state index contributed by atoms with van der Waals surface area (Å²) >= 11 is 1.65. The third-order valence-electron chi connectivity index (χ3n) is 3.46. The van der Waals surface area contributed by atoms with Gasteiger partial charge in [0, 0.05) is 28.8 Å². The van der Waals surface area contributed by atoms with E-state index in [0.717, 1.165) is 33.0 Å². The zero-order valence-corrected chi connectivity index (χ0v) is 12.5. The van der Waals surface area contributed by atoms with Gasteiger partial charge in [0.25, 0.3) is 0 Å². The molecular formula is C18H12N2OS. The van der Waals surface area contributed by atoms with Crippen LogP contribution in [0.3, 0.4) is 0 Å². The Hall–Kier alpha value is -2.72. The van der Waals surface area contributed by atoms with Gasteiger partial charge < -0.3 is 4.52 Å². The fraction of sp³-hybridized carbons (Fsp3) is 0. The largest absolute Gasteiger partial charge is 0.356 e. The second-order valence-corrected chi connectivity index (χ2v) is 5.77. The van der Waals surface area contributed by atoms with Gasteiger partial charge in [-0.25, -0.2) is 4.98 Å². The Kier molecular flexibility index (Phi) is 3.29.